The largest absolute Gasteiger partial charge is 0.493 e. The third kappa shape index (κ3) is 1.47. The van der Waals surface area contributed by atoms with Gasteiger partial charge in [-0.25, -0.2) is 0 Å². The predicted octanol–water partition coefficient (Wildman–Crippen LogP) is 2.68. The molecule has 20 heavy (non-hydrogen) atoms. The van der Waals surface area contributed by atoms with Gasteiger partial charge in [-0.15, -0.1) is 0 Å². The van der Waals surface area contributed by atoms with Gasteiger partial charge in [-0.2, -0.15) is 0 Å². The monoisotopic (exact) mass is 280 g/mol. The van der Waals surface area contributed by atoms with Crippen LogP contribution in [0.4, 0.5) is 0 Å². The lowest BCUT2D eigenvalue weighted by Crippen LogP contribution is -2.52. The third-order valence-electron chi connectivity index (χ3n) is 5.86. The molecule has 0 heterocycles. The molecule has 0 saturated heterocycles. The molecule has 3 aliphatic carbocycles. The van der Waals surface area contributed by atoms with E-state index in [2.05, 4.69) is 13.8 Å². The maximum absolute atomic E-state index is 13.0. The van der Waals surface area contributed by atoms with Crippen LogP contribution in [0.2, 0.25) is 0 Å². The molecule has 0 aromatic carbocycles. The number of Topliss-reactive ketones (excluding diaryl/α,β-unsaturated/α-hetero) is 1. The first-order chi connectivity index (χ1) is 9.43. The highest BCUT2D eigenvalue weighted by Crippen LogP contribution is 2.72. The minimum absolute atomic E-state index is 0.00796. The van der Waals surface area contributed by atoms with Gasteiger partial charge in [-0.05, 0) is 30.8 Å². The van der Waals surface area contributed by atoms with Gasteiger partial charge in [-0.3, -0.25) is 4.79 Å². The van der Waals surface area contributed by atoms with Crippen molar-refractivity contribution in [2.24, 2.45) is 16.2 Å². The second-order valence-corrected chi connectivity index (χ2v) is 7.06. The molecular weight excluding hydrogens is 256 g/mol. The first kappa shape index (κ1) is 14.1. The van der Waals surface area contributed by atoms with E-state index in [1.807, 2.05) is 6.08 Å². The van der Waals surface area contributed by atoms with Gasteiger partial charge >= 0.3 is 0 Å². The van der Waals surface area contributed by atoms with Gasteiger partial charge in [-0.1, -0.05) is 20.3 Å². The van der Waals surface area contributed by atoms with Crippen molar-refractivity contribution in [2.75, 3.05) is 21.0 Å². The zero-order valence-electron chi connectivity index (χ0n) is 12.8. The smallest absolute Gasteiger partial charge is 0.206 e. The van der Waals surface area contributed by atoms with Crippen LogP contribution in [0.15, 0.2) is 11.8 Å². The third-order valence-corrected chi connectivity index (χ3v) is 5.86. The minimum atomic E-state index is -0.430. The Balaban J connectivity index is 2.12. The van der Waals surface area contributed by atoms with Crippen LogP contribution in [0.5, 0.6) is 0 Å². The average molecular weight is 280 g/mol. The Morgan fingerprint density at radius 3 is 2.70 bits per heavy atom. The fourth-order valence-electron chi connectivity index (χ4n) is 5.31. The van der Waals surface area contributed by atoms with Crippen LogP contribution in [0.1, 0.15) is 39.5 Å². The fourth-order valence-corrected chi connectivity index (χ4v) is 5.31. The molecule has 2 fully saturated rings. The summed E-state index contributed by atoms with van der Waals surface area (Å²) in [6, 6.07) is 0. The number of methoxy groups -OCH3 is 2. The number of rotatable bonds is 4. The van der Waals surface area contributed by atoms with Crippen molar-refractivity contribution >= 4 is 5.78 Å². The number of carbonyl (C=O) groups excluding carboxylic acids is 1. The Morgan fingerprint density at radius 2 is 2.05 bits per heavy atom. The summed E-state index contributed by atoms with van der Waals surface area (Å²) in [6.07, 6.45) is 5.94. The summed E-state index contributed by atoms with van der Waals surface area (Å²) in [5.74, 6) is 0.659. The van der Waals surface area contributed by atoms with Gasteiger partial charge in [0, 0.05) is 12.5 Å². The maximum atomic E-state index is 13.0. The molecule has 4 nitrogen and oxygen atoms in total. The Hall–Kier alpha value is -0.870. The molecule has 0 aliphatic heterocycles. The molecule has 4 heteroatoms. The molecular formula is C16H24O4. The summed E-state index contributed by atoms with van der Waals surface area (Å²) < 4.78 is 16.5. The van der Waals surface area contributed by atoms with E-state index in [9.17, 15) is 4.79 Å². The molecule has 3 rings (SSSR count). The van der Waals surface area contributed by atoms with Gasteiger partial charge in [0.2, 0.25) is 5.78 Å². The van der Waals surface area contributed by atoms with Crippen LogP contribution < -0.4 is 0 Å². The van der Waals surface area contributed by atoms with Gasteiger partial charge in [0.25, 0.3) is 0 Å². The zero-order chi connectivity index (χ0) is 14.6. The highest BCUT2D eigenvalue weighted by molar-refractivity contribution is 6.01. The van der Waals surface area contributed by atoms with E-state index < -0.39 is 5.41 Å². The number of ketones is 1. The van der Waals surface area contributed by atoms with E-state index >= 15 is 0 Å². The van der Waals surface area contributed by atoms with E-state index in [4.69, 9.17) is 14.2 Å². The molecule has 4 atom stereocenters. The lowest BCUT2D eigenvalue weighted by molar-refractivity contribution is -0.165. The fraction of sp³-hybridized carbons (Fsp3) is 0.812. The van der Waals surface area contributed by atoms with Gasteiger partial charge < -0.3 is 14.2 Å². The molecule has 0 N–H and O–H groups in total. The lowest BCUT2D eigenvalue weighted by Gasteiger charge is -2.44. The first-order valence-corrected chi connectivity index (χ1v) is 7.36. The standard InChI is InChI=1S/C16H24O4/c1-14-8-11(19-4)12(17)16(13(14)20-10-18-3)7-5-6-15(16,2)9-14/h8,13H,5-7,9-10H2,1-4H3/t13-,14+,15+,16+/m1/s1. The molecule has 0 amide bonds. The summed E-state index contributed by atoms with van der Waals surface area (Å²) >= 11 is 0. The second-order valence-electron chi connectivity index (χ2n) is 7.06. The number of fused-ring (bicyclic) bond motifs is 1. The van der Waals surface area contributed by atoms with Crippen LogP contribution in [0.3, 0.4) is 0 Å². The number of carbonyl (C=O) groups is 1. The van der Waals surface area contributed by atoms with E-state index in [0.717, 1.165) is 25.7 Å². The molecule has 2 saturated carbocycles. The minimum Gasteiger partial charge on any atom is -0.493 e. The second kappa shape index (κ2) is 4.31. The molecule has 0 unspecified atom stereocenters. The summed E-state index contributed by atoms with van der Waals surface area (Å²) in [5.41, 5.74) is -0.568. The summed E-state index contributed by atoms with van der Waals surface area (Å²) in [6.45, 7) is 4.67. The molecule has 0 radical (unpaired) electrons. The van der Waals surface area contributed by atoms with E-state index in [1.54, 1.807) is 14.2 Å². The van der Waals surface area contributed by atoms with Crippen molar-refractivity contribution in [2.45, 2.75) is 45.6 Å². The molecule has 0 aromatic rings. The number of hydrogen-bond acceptors (Lipinski definition) is 4. The van der Waals surface area contributed by atoms with E-state index in [-0.39, 0.29) is 29.5 Å². The van der Waals surface area contributed by atoms with Gasteiger partial charge in [0.1, 0.15) is 6.79 Å². The summed E-state index contributed by atoms with van der Waals surface area (Å²) in [4.78, 5) is 13.0. The Morgan fingerprint density at radius 1 is 1.30 bits per heavy atom. The van der Waals surface area contributed by atoms with E-state index in [0.29, 0.717) is 5.76 Å². The van der Waals surface area contributed by atoms with Crippen LogP contribution in [0, 0.1) is 16.2 Å². The first-order valence-electron chi connectivity index (χ1n) is 7.36. The molecule has 1 spiro atoms. The highest BCUT2D eigenvalue weighted by atomic mass is 16.7. The summed E-state index contributed by atoms with van der Waals surface area (Å²) in [7, 11) is 3.21. The van der Waals surface area contributed by atoms with Crippen molar-refractivity contribution in [3.05, 3.63) is 11.8 Å². The Labute approximate surface area is 120 Å². The highest BCUT2D eigenvalue weighted by Gasteiger charge is 2.73. The number of ether oxygens (including phenoxy) is 3. The molecule has 3 aliphatic rings. The topological polar surface area (TPSA) is 44.8 Å². The quantitative estimate of drug-likeness (QED) is 0.743. The Kier molecular flexibility index (Phi) is 3.04. The van der Waals surface area contributed by atoms with Crippen molar-refractivity contribution in [3.63, 3.8) is 0 Å². The van der Waals surface area contributed by atoms with Gasteiger partial charge in [0.15, 0.2) is 5.76 Å². The SMILES string of the molecule is COCO[C@@H]1[C@@]2(C)C=C(OC)C(=O)[C@@]13CCC[C@@]3(C)C2. The van der Waals surface area contributed by atoms with Crippen molar-refractivity contribution in [1.29, 1.82) is 0 Å². The van der Waals surface area contributed by atoms with Crippen LogP contribution in [-0.2, 0) is 19.0 Å². The van der Waals surface area contributed by atoms with Crippen molar-refractivity contribution < 1.29 is 19.0 Å². The van der Waals surface area contributed by atoms with Crippen LogP contribution in [0.25, 0.3) is 0 Å². The van der Waals surface area contributed by atoms with E-state index in [1.165, 1.54) is 0 Å². The van der Waals surface area contributed by atoms with Gasteiger partial charge in [0.05, 0.1) is 18.6 Å². The normalized spacial score (nSPS) is 46.3. The molecule has 2 bridgehead atoms. The molecule has 112 valence electrons. The number of allylic oxidation sites excluding steroid dienone is 1. The summed E-state index contributed by atoms with van der Waals surface area (Å²) in [5, 5.41) is 0. The predicted molar refractivity (Wildman–Crippen MR) is 74.0 cm³/mol. The van der Waals surface area contributed by atoms with Crippen LogP contribution >= 0.6 is 0 Å². The van der Waals surface area contributed by atoms with Crippen molar-refractivity contribution in [3.8, 4) is 0 Å². The lowest BCUT2D eigenvalue weighted by atomic mass is 9.63. The van der Waals surface area contributed by atoms with Crippen molar-refractivity contribution in [1.82, 2.24) is 0 Å². The van der Waals surface area contributed by atoms with Crippen LogP contribution in [-0.4, -0.2) is 32.9 Å². The maximum Gasteiger partial charge on any atom is 0.206 e. The zero-order valence-corrected chi connectivity index (χ0v) is 12.8. The Bertz CT molecular complexity index is 471. The molecule has 0 aromatic heterocycles. The average Bonchev–Trinajstić information content (AvgIpc) is 2.78. The number of hydrogen-bond donors (Lipinski definition) is 0.